The van der Waals surface area contributed by atoms with Crippen LogP contribution in [0.2, 0.25) is 5.02 Å². The van der Waals surface area contributed by atoms with Crippen molar-refractivity contribution >= 4 is 23.2 Å². The lowest BCUT2D eigenvalue weighted by Gasteiger charge is -2.33. The van der Waals surface area contributed by atoms with Gasteiger partial charge >= 0.3 is 0 Å². The van der Waals surface area contributed by atoms with Gasteiger partial charge in [-0.1, -0.05) is 11.6 Å². The molecule has 0 unspecified atom stereocenters. The number of likely N-dealkylation sites (tertiary alicyclic amines) is 1. The first-order chi connectivity index (χ1) is 11.0. The Kier molecular flexibility index (Phi) is 4.97. The summed E-state index contributed by atoms with van der Waals surface area (Å²) in [6, 6.07) is 5.65. The number of nitrogens with zero attached hydrogens (tertiary/aromatic N) is 2. The summed E-state index contributed by atoms with van der Waals surface area (Å²) >= 11 is 6.08. The number of aliphatic hydroxyl groups is 1. The Hall–Kier alpha value is -1.46. The highest BCUT2D eigenvalue weighted by atomic mass is 35.5. The summed E-state index contributed by atoms with van der Waals surface area (Å²) in [5.41, 5.74) is 0.878. The number of amides is 1. The molecule has 6 heteroatoms. The third-order valence-corrected chi connectivity index (χ3v) is 4.75. The number of fused-ring (bicyclic) bond motifs is 1. The smallest absolute Gasteiger partial charge is 0.242 e. The van der Waals surface area contributed by atoms with Gasteiger partial charge in [0.05, 0.1) is 24.9 Å². The van der Waals surface area contributed by atoms with Crippen molar-refractivity contribution in [2.24, 2.45) is 0 Å². The summed E-state index contributed by atoms with van der Waals surface area (Å²) in [7, 11) is 0. The summed E-state index contributed by atoms with van der Waals surface area (Å²) in [5, 5.41) is 10.3. The van der Waals surface area contributed by atoms with Gasteiger partial charge < -0.3 is 19.6 Å². The number of benzene rings is 1. The van der Waals surface area contributed by atoms with Crippen LogP contribution in [0, 0.1) is 0 Å². The standard InChI is InChI=1S/C17H23ClN2O3/c1-12(21)9-14-3-2-6-20(14)17(22)11-19-7-8-23-16-5-4-13(18)10-15(16)19/h4-5,10,12,14,21H,2-3,6-9,11H2,1H3/t12-,14-/m1/s1. The van der Waals surface area contributed by atoms with Crippen molar-refractivity contribution < 1.29 is 14.6 Å². The van der Waals surface area contributed by atoms with Gasteiger partial charge in [-0.25, -0.2) is 0 Å². The average Bonchev–Trinajstić information content (AvgIpc) is 2.95. The van der Waals surface area contributed by atoms with Crippen molar-refractivity contribution in [3.63, 3.8) is 0 Å². The van der Waals surface area contributed by atoms with E-state index in [9.17, 15) is 9.90 Å². The Bertz CT molecular complexity index is 579. The Balaban J connectivity index is 1.70. The molecule has 0 aromatic heterocycles. The fraction of sp³-hybridized carbons (Fsp3) is 0.588. The van der Waals surface area contributed by atoms with Crippen LogP contribution in [-0.2, 0) is 4.79 Å². The van der Waals surface area contributed by atoms with E-state index in [0.29, 0.717) is 31.1 Å². The average molecular weight is 339 g/mol. The van der Waals surface area contributed by atoms with Crippen LogP contribution in [0.3, 0.4) is 0 Å². The second kappa shape index (κ2) is 6.97. The van der Waals surface area contributed by atoms with E-state index in [1.165, 1.54) is 0 Å². The molecule has 0 saturated carbocycles. The normalized spacial score (nSPS) is 21.8. The molecule has 0 spiro atoms. The summed E-state index contributed by atoms with van der Waals surface area (Å²) in [5.74, 6) is 0.886. The van der Waals surface area contributed by atoms with Gasteiger partial charge in [0.1, 0.15) is 12.4 Å². The lowest BCUT2D eigenvalue weighted by Crippen LogP contribution is -2.45. The van der Waals surface area contributed by atoms with E-state index in [4.69, 9.17) is 16.3 Å². The van der Waals surface area contributed by atoms with Gasteiger partial charge in [-0.2, -0.15) is 0 Å². The van der Waals surface area contributed by atoms with Gasteiger partial charge in [-0.3, -0.25) is 4.79 Å². The Labute approximate surface area is 141 Å². The van der Waals surface area contributed by atoms with Crippen molar-refractivity contribution in [3.8, 4) is 5.75 Å². The highest BCUT2D eigenvalue weighted by molar-refractivity contribution is 6.31. The van der Waals surface area contributed by atoms with Crippen LogP contribution >= 0.6 is 11.6 Å². The molecule has 5 nitrogen and oxygen atoms in total. The molecule has 3 rings (SSSR count). The van der Waals surface area contributed by atoms with Crippen LogP contribution in [0.4, 0.5) is 5.69 Å². The minimum atomic E-state index is -0.378. The molecule has 2 aliphatic heterocycles. The zero-order valence-corrected chi connectivity index (χ0v) is 14.1. The predicted octanol–water partition coefficient (Wildman–Crippen LogP) is 2.30. The summed E-state index contributed by atoms with van der Waals surface area (Å²) in [4.78, 5) is 16.7. The fourth-order valence-corrected chi connectivity index (χ4v) is 3.63. The molecular weight excluding hydrogens is 316 g/mol. The molecule has 1 aromatic rings. The molecular formula is C17H23ClN2O3. The van der Waals surface area contributed by atoms with Gasteiger partial charge in [0.15, 0.2) is 0 Å². The molecule has 1 fully saturated rings. The summed E-state index contributed by atoms with van der Waals surface area (Å²) in [6.45, 7) is 4.13. The summed E-state index contributed by atoms with van der Waals surface area (Å²) in [6.07, 6.45) is 2.25. The molecule has 1 aromatic carbocycles. The monoisotopic (exact) mass is 338 g/mol. The fourth-order valence-electron chi connectivity index (χ4n) is 3.47. The Morgan fingerprint density at radius 1 is 1.48 bits per heavy atom. The highest BCUT2D eigenvalue weighted by Gasteiger charge is 2.31. The zero-order valence-electron chi connectivity index (χ0n) is 13.4. The highest BCUT2D eigenvalue weighted by Crippen LogP contribution is 2.34. The number of halogens is 1. The first-order valence-electron chi connectivity index (χ1n) is 8.19. The molecule has 0 aliphatic carbocycles. The molecule has 0 bridgehead atoms. The van der Waals surface area contributed by atoms with Crippen LogP contribution < -0.4 is 9.64 Å². The molecule has 2 aliphatic rings. The van der Waals surface area contributed by atoms with Gasteiger partial charge in [-0.15, -0.1) is 0 Å². The SMILES string of the molecule is C[C@@H](O)C[C@H]1CCCN1C(=O)CN1CCOc2ccc(Cl)cc21. The van der Waals surface area contributed by atoms with Crippen LogP contribution in [0.25, 0.3) is 0 Å². The molecule has 23 heavy (non-hydrogen) atoms. The number of ether oxygens (including phenoxy) is 1. The molecule has 126 valence electrons. The van der Waals surface area contributed by atoms with Crippen molar-refractivity contribution in [1.82, 2.24) is 4.90 Å². The maximum Gasteiger partial charge on any atom is 0.242 e. The zero-order chi connectivity index (χ0) is 16.4. The number of carbonyl (C=O) groups excluding carboxylic acids is 1. The topological polar surface area (TPSA) is 53.0 Å². The first-order valence-corrected chi connectivity index (χ1v) is 8.57. The molecule has 2 atom stereocenters. The van der Waals surface area contributed by atoms with Crippen LogP contribution in [0.15, 0.2) is 18.2 Å². The number of carbonyl (C=O) groups is 1. The second-order valence-corrected chi connectivity index (χ2v) is 6.79. The third kappa shape index (κ3) is 3.72. The van der Waals surface area contributed by atoms with Crippen LogP contribution in [0.5, 0.6) is 5.75 Å². The number of hydrogen-bond acceptors (Lipinski definition) is 4. The van der Waals surface area contributed by atoms with Crippen LogP contribution in [0.1, 0.15) is 26.2 Å². The van der Waals surface area contributed by atoms with E-state index in [1.54, 1.807) is 13.0 Å². The lowest BCUT2D eigenvalue weighted by molar-refractivity contribution is -0.131. The Morgan fingerprint density at radius 2 is 2.30 bits per heavy atom. The van der Waals surface area contributed by atoms with Gasteiger partial charge in [0.25, 0.3) is 0 Å². The van der Waals surface area contributed by atoms with E-state index < -0.39 is 0 Å². The molecule has 1 saturated heterocycles. The van der Waals surface area contributed by atoms with Gasteiger partial charge in [0.2, 0.25) is 5.91 Å². The molecule has 1 N–H and O–H groups in total. The van der Waals surface area contributed by atoms with Crippen molar-refractivity contribution in [2.45, 2.75) is 38.3 Å². The van der Waals surface area contributed by atoms with E-state index in [1.807, 2.05) is 21.9 Å². The third-order valence-electron chi connectivity index (χ3n) is 4.52. The Morgan fingerprint density at radius 3 is 3.09 bits per heavy atom. The van der Waals surface area contributed by atoms with Crippen molar-refractivity contribution in [2.75, 3.05) is 31.1 Å². The van der Waals surface area contributed by atoms with Crippen LogP contribution in [-0.4, -0.2) is 54.3 Å². The molecule has 1 amide bonds. The van der Waals surface area contributed by atoms with E-state index in [0.717, 1.165) is 30.8 Å². The number of aliphatic hydroxyl groups excluding tert-OH is 1. The number of rotatable bonds is 4. The van der Waals surface area contributed by atoms with E-state index in [-0.39, 0.29) is 18.1 Å². The van der Waals surface area contributed by atoms with Gasteiger partial charge in [0, 0.05) is 17.6 Å². The first kappa shape index (κ1) is 16.4. The maximum absolute atomic E-state index is 12.7. The quantitative estimate of drug-likeness (QED) is 0.915. The molecule has 2 heterocycles. The van der Waals surface area contributed by atoms with E-state index in [2.05, 4.69) is 0 Å². The second-order valence-electron chi connectivity index (χ2n) is 6.35. The predicted molar refractivity (Wildman–Crippen MR) is 90.2 cm³/mol. The molecule has 0 radical (unpaired) electrons. The van der Waals surface area contributed by atoms with Gasteiger partial charge in [-0.05, 0) is 44.4 Å². The van der Waals surface area contributed by atoms with Crippen molar-refractivity contribution in [1.29, 1.82) is 0 Å². The number of hydrogen-bond donors (Lipinski definition) is 1. The minimum absolute atomic E-state index is 0.112. The summed E-state index contributed by atoms with van der Waals surface area (Å²) < 4.78 is 5.63. The number of anilines is 1. The minimum Gasteiger partial charge on any atom is -0.490 e. The largest absolute Gasteiger partial charge is 0.490 e. The van der Waals surface area contributed by atoms with E-state index >= 15 is 0 Å². The maximum atomic E-state index is 12.7. The lowest BCUT2D eigenvalue weighted by atomic mass is 10.1. The van der Waals surface area contributed by atoms with Crippen molar-refractivity contribution in [3.05, 3.63) is 23.2 Å².